The number of nitrogens with zero attached hydrogens (tertiary/aromatic N) is 3. The summed E-state index contributed by atoms with van der Waals surface area (Å²) in [6.07, 6.45) is 1.62. The molecule has 0 spiro atoms. The van der Waals surface area contributed by atoms with Crippen molar-refractivity contribution in [2.45, 2.75) is 19.9 Å². The highest BCUT2D eigenvalue weighted by atomic mass is 16.5. The Balaban J connectivity index is 1.93. The van der Waals surface area contributed by atoms with Gasteiger partial charge in [-0.2, -0.15) is 0 Å². The van der Waals surface area contributed by atoms with Crippen LogP contribution in [0.5, 0.6) is 5.75 Å². The lowest BCUT2D eigenvalue weighted by Crippen LogP contribution is -2.15. The van der Waals surface area contributed by atoms with E-state index in [0.717, 1.165) is 5.56 Å². The summed E-state index contributed by atoms with van der Waals surface area (Å²) in [6.45, 7) is 1.97. The Morgan fingerprint density at radius 1 is 1.30 bits per heavy atom. The molecular formula is C15H18N4O4. The van der Waals surface area contributed by atoms with Crippen molar-refractivity contribution in [3.63, 3.8) is 0 Å². The van der Waals surface area contributed by atoms with Crippen LogP contribution in [0.15, 0.2) is 30.5 Å². The van der Waals surface area contributed by atoms with Crippen molar-refractivity contribution in [2.75, 3.05) is 19.0 Å². The van der Waals surface area contributed by atoms with Crippen LogP contribution in [0.25, 0.3) is 0 Å². The lowest BCUT2D eigenvalue weighted by molar-refractivity contribution is -0.144. The average molecular weight is 318 g/mol. The van der Waals surface area contributed by atoms with Gasteiger partial charge in [0.15, 0.2) is 5.82 Å². The largest absolute Gasteiger partial charge is 0.496 e. The van der Waals surface area contributed by atoms with Crippen LogP contribution < -0.4 is 10.1 Å². The molecule has 0 unspecified atom stereocenters. The van der Waals surface area contributed by atoms with Gasteiger partial charge in [-0.25, -0.2) is 4.68 Å². The minimum atomic E-state index is -0.413. The van der Waals surface area contributed by atoms with Gasteiger partial charge < -0.3 is 14.8 Å². The predicted molar refractivity (Wildman–Crippen MR) is 82.0 cm³/mol. The molecule has 0 atom stereocenters. The number of hydrogen-bond donors (Lipinski definition) is 1. The Bertz CT molecular complexity index is 684. The van der Waals surface area contributed by atoms with Crippen LogP contribution in [-0.2, 0) is 27.3 Å². The highest BCUT2D eigenvalue weighted by Gasteiger charge is 2.11. The molecule has 2 rings (SSSR count). The summed E-state index contributed by atoms with van der Waals surface area (Å²) in [6, 6.07) is 7.27. The van der Waals surface area contributed by atoms with E-state index in [-0.39, 0.29) is 24.7 Å². The highest BCUT2D eigenvalue weighted by molar-refractivity contribution is 5.91. The molecule has 0 aliphatic heterocycles. The van der Waals surface area contributed by atoms with Crippen LogP contribution in [0.2, 0.25) is 0 Å². The van der Waals surface area contributed by atoms with Crippen molar-refractivity contribution >= 4 is 17.7 Å². The van der Waals surface area contributed by atoms with Crippen molar-refractivity contribution in [3.05, 3.63) is 36.0 Å². The number of carbonyl (C=O) groups is 2. The molecule has 0 aliphatic rings. The molecule has 0 fully saturated rings. The van der Waals surface area contributed by atoms with E-state index in [0.29, 0.717) is 12.4 Å². The summed E-state index contributed by atoms with van der Waals surface area (Å²) in [5.41, 5.74) is 0.770. The zero-order valence-corrected chi connectivity index (χ0v) is 13.0. The van der Waals surface area contributed by atoms with E-state index >= 15 is 0 Å². The molecule has 0 saturated carbocycles. The first-order valence-corrected chi connectivity index (χ1v) is 7.10. The average Bonchev–Trinajstić information content (AvgIpc) is 2.94. The fourth-order valence-electron chi connectivity index (χ4n) is 1.98. The Hall–Kier alpha value is -2.90. The third kappa shape index (κ3) is 4.80. The van der Waals surface area contributed by atoms with E-state index in [9.17, 15) is 9.59 Å². The van der Waals surface area contributed by atoms with E-state index in [1.54, 1.807) is 20.1 Å². The number of para-hydroxylation sites is 1. The fourth-order valence-corrected chi connectivity index (χ4v) is 1.98. The molecular weight excluding hydrogens is 300 g/mol. The van der Waals surface area contributed by atoms with Crippen LogP contribution in [0.1, 0.15) is 12.5 Å². The molecule has 1 amide bonds. The number of methoxy groups -OCH3 is 1. The second kappa shape index (κ2) is 7.92. The lowest BCUT2D eigenvalue weighted by Gasteiger charge is -2.07. The minimum absolute atomic E-state index is 0.0524. The standard InChI is InChI=1S/C15H18N4O4/c1-3-23-15(21)10-19-9-13(17-18-19)16-14(20)8-11-6-4-5-7-12(11)22-2/h4-7,9H,3,8,10H2,1-2H3,(H,16,20). The highest BCUT2D eigenvalue weighted by Crippen LogP contribution is 2.18. The van der Waals surface area contributed by atoms with Gasteiger partial charge in [-0.05, 0) is 13.0 Å². The van der Waals surface area contributed by atoms with E-state index in [2.05, 4.69) is 15.6 Å². The smallest absolute Gasteiger partial charge is 0.327 e. The molecule has 2 aromatic rings. The normalized spacial score (nSPS) is 10.2. The molecule has 1 aromatic carbocycles. The molecule has 23 heavy (non-hydrogen) atoms. The first-order chi connectivity index (χ1) is 11.1. The molecule has 1 heterocycles. The lowest BCUT2D eigenvalue weighted by atomic mass is 10.1. The topological polar surface area (TPSA) is 95.3 Å². The number of hydrogen-bond acceptors (Lipinski definition) is 6. The van der Waals surface area contributed by atoms with Gasteiger partial charge in [0, 0.05) is 5.56 Å². The number of esters is 1. The number of rotatable bonds is 7. The summed E-state index contributed by atoms with van der Waals surface area (Å²) in [5.74, 6) is 0.254. The first-order valence-electron chi connectivity index (χ1n) is 7.10. The first kappa shape index (κ1) is 16.5. The van der Waals surface area contributed by atoms with Crippen molar-refractivity contribution in [1.82, 2.24) is 15.0 Å². The van der Waals surface area contributed by atoms with Crippen molar-refractivity contribution in [2.24, 2.45) is 0 Å². The second-order valence-electron chi connectivity index (χ2n) is 4.64. The summed E-state index contributed by atoms with van der Waals surface area (Å²) in [5, 5.41) is 10.2. The van der Waals surface area contributed by atoms with Gasteiger partial charge in [0.05, 0.1) is 26.3 Å². The fraction of sp³-hybridized carbons (Fsp3) is 0.333. The van der Waals surface area contributed by atoms with Crippen LogP contribution in [0.3, 0.4) is 0 Å². The van der Waals surface area contributed by atoms with E-state index in [4.69, 9.17) is 9.47 Å². The third-order valence-electron chi connectivity index (χ3n) is 2.95. The second-order valence-corrected chi connectivity index (χ2v) is 4.64. The third-order valence-corrected chi connectivity index (χ3v) is 2.95. The Morgan fingerprint density at radius 2 is 2.09 bits per heavy atom. The molecule has 0 bridgehead atoms. The molecule has 0 aliphatic carbocycles. The maximum atomic E-state index is 12.0. The summed E-state index contributed by atoms with van der Waals surface area (Å²) in [4.78, 5) is 23.4. The zero-order valence-electron chi connectivity index (χ0n) is 13.0. The maximum absolute atomic E-state index is 12.0. The number of nitrogens with one attached hydrogen (secondary N) is 1. The van der Waals surface area contributed by atoms with Crippen LogP contribution in [-0.4, -0.2) is 40.6 Å². The van der Waals surface area contributed by atoms with E-state index < -0.39 is 5.97 Å². The van der Waals surface area contributed by atoms with Gasteiger partial charge in [-0.1, -0.05) is 23.4 Å². The number of amides is 1. The van der Waals surface area contributed by atoms with Crippen molar-refractivity contribution in [1.29, 1.82) is 0 Å². The molecule has 0 radical (unpaired) electrons. The molecule has 0 saturated heterocycles. The van der Waals surface area contributed by atoms with Crippen LogP contribution >= 0.6 is 0 Å². The number of aromatic nitrogens is 3. The number of carbonyl (C=O) groups excluding carboxylic acids is 2. The molecule has 122 valence electrons. The molecule has 1 aromatic heterocycles. The zero-order chi connectivity index (χ0) is 16.7. The maximum Gasteiger partial charge on any atom is 0.327 e. The van der Waals surface area contributed by atoms with Crippen molar-refractivity contribution in [3.8, 4) is 5.75 Å². The number of anilines is 1. The number of ether oxygens (including phenoxy) is 2. The van der Waals surface area contributed by atoms with Gasteiger partial charge >= 0.3 is 5.97 Å². The van der Waals surface area contributed by atoms with Gasteiger partial charge in [0.1, 0.15) is 12.3 Å². The van der Waals surface area contributed by atoms with Crippen LogP contribution in [0.4, 0.5) is 5.82 Å². The van der Waals surface area contributed by atoms with Gasteiger partial charge in [-0.3, -0.25) is 9.59 Å². The quantitative estimate of drug-likeness (QED) is 0.766. The molecule has 8 nitrogen and oxygen atoms in total. The van der Waals surface area contributed by atoms with Crippen LogP contribution in [0, 0.1) is 0 Å². The molecule has 8 heteroatoms. The Morgan fingerprint density at radius 3 is 2.83 bits per heavy atom. The predicted octanol–water partition coefficient (Wildman–Crippen LogP) is 1.03. The van der Waals surface area contributed by atoms with E-state index in [1.807, 2.05) is 18.2 Å². The SMILES string of the molecule is CCOC(=O)Cn1cc(NC(=O)Cc2ccccc2OC)nn1. The summed E-state index contributed by atoms with van der Waals surface area (Å²) < 4.78 is 11.3. The van der Waals surface area contributed by atoms with Gasteiger partial charge in [0.2, 0.25) is 5.91 Å². The van der Waals surface area contributed by atoms with Crippen molar-refractivity contribution < 1.29 is 19.1 Å². The van der Waals surface area contributed by atoms with Gasteiger partial charge in [0.25, 0.3) is 0 Å². The van der Waals surface area contributed by atoms with Gasteiger partial charge in [-0.15, -0.1) is 5.10 Å². The monoisotopic (exact) mass is 318 g/mol. The Kier molecular flexibility index (Phi) is 5.67. The minimum Gasteiger partial charge on any atom is -0.496 e. The molecule has 1 N–H and O–H groups in total. The van der Waals surface area contributed by atoms with E-state index in [1.165, 1.54) is 10.9 Å². The summed E-state index contributed by atoms with van der Waals surface area (Å²) in [7, 11) is 1.55. The Labute approximate surface area is 133 Å². The number of benzene rings is 1. The summed E-state index contributed by atoms with van der Waals surface area (Å²) >= 11 is 0.